The summed E-state index contributed by atoms with van der Waals surface area (Å²) >= 11 is 3.52. The molecular formula is C11H14BrNO. The van der Waals surface area contributed by atoms with E-state index in [4.69, 9.17) is 0 Å². The molecule has 76 valence electrons. The minimum absolute atomic E-state index is 0.530. The monoisotopic (exact) mass is 255 g/mol. The van der Waals surface area contributed by atoms with Crippen molar-refractivity contribution in [3.8, 4) is 0 Å². The number of hydrogen-bond donors (Lipinski definition) is 2. The third-order valence-corrected chi connectivity index (χ3v) is 3.37. The highest BCUT2D eigenvalue weighted by Gasteiger charge is 2.34. The molecule has 2 nitrogen and oxygen atoms in total. The van der Waals surface area contributed by atoms with Crippen LogP contribution in [-0.2, 0) is 6.42 Å². The second-order valence-electron chi connectivity index (χ2n) is 4.10. The van der Waals surface area contributed by atoms with Crippen molar-refractivity contribution < 1.29 is 5.11 Å². The van der Waals surface area contributed by atoms with Gasteiger partial charge in [0, 0.05) is 24.0 Å². The quantitative estimate of drug-likeness (QED) is 0.843. The third kappa shape index (κ3) is 2.00. The summed E-state index contributed by atoms with van der Waals surface area (Å²) in [6.45, 7) is 3.47. The zero-order chi connectivity index (χ0) is 10.2. The van der Waals surface area contributed by atoms with E-state index in [1.807, 2.05) is 0 Å². The molecule has 0 atom stereocenters. The standard InChI is InChI=1S/C11H14BrNO/c1-8-2-3-9(10(12)4-8)5-11(14)6-13-7-11/h2-4,13-14H,5-7H2,1H3. The molecule has 2 rings (SSSR count). The van der Waals surface area contributed by atoms with Gasteiger partial charge in [-0.1, -0.05) is 28.1 Å². The molecule has 0 amide bonds. The van der Waals surface area contributed by atoms with E-state index in [-0.39, 0.29) is 0 Å². The number of β-amino-alcohol motifs (C(OH)–C–C–N with tert-alkyl or cyclic N) is 1. The summed E-state index contributed by atoms with van der Waals surface area (Å²) in [5.74, 6) is 0. The van der Waals surface area contributed by atoms with Crippen molar-refractivity contribution in [2.45, 2.75) is 18.9 Å². The molecule has 0 unspecified atom stereocenters. The topological polar surface area (TPSA) is 32.3 Å². The molecule has 0 spiro atoms. The normalized spacial score (nSPS) is 19.1. The van der Waals surface area contributed by atoms with Crippen LogP contribution in [-0.4, -0.2) is 23.8 Å². The van der Waals surface area contributed by atoms with Gasteiger partial charge >= 0.3 is 0 Å². The fraction of sp³-hybridized carbons (Fsp3) is 0.455. The predicted octanol–water partition coefficient (Wildman–Crippen LogP) is 1.63. The van der Waals surface area contributed by atoms with Crippen LogP contribution in [0.2, 0.25) is 0 Å². The zero-order valence-corrected chi connectivity index (χ0v) is 9.76. The van der Waals surface area contributed by atoms with Crippen molar-refractivity contribution in [1.82, 2.24) is 5.32 Å². The van der Waals surface area contributed by atoms with Crippen LogP contribution in [0.3, 0.4) is 0 Å². The maximum atomic E-state index is 9.97. The summed E-state index contributed by atoms with van der Waals surface area (Å²) in [6.07, 6.45) is 0.723. The highest BCUT2D eigenvalue weighted by Crippen LogP contribution is 2.24. The van der Waals surface area contributed by atoms with Gasteiger partial charge in [-0.05, 0) is 24.1 Å². The average Bonchev–Trinajstić information content (AvgIpc) is 2.07. The van der Waals surface area contributed by atoms with Crippen molar-refractivity contribution >= 4 is 15.9 Å². The summed E-state index contributed by atoms with van der Waals surface area (Å²) in [6, 6.07) is 6.25. The Morgan fingerprint density at radius 3 is 2.71 bits per heavy atom. The minimum Gasteiger partial charge on any atom is -0.387 e. The first-order valence-corrected chi connectivity index (χ1v) is 5.56. The van der Waals surface area contributed by atoms with E-state index in [1.54, 1.807) is 0 Å². The zero-order valence-electron chi connectivity index (χ0n) is 8.18. The molecule has 3 heteroatoms. The van der Waals surface area contributed by atoms with Crippen molar-refractivity contribution in [2.24, 2.45) is 0 Å². The van der Waals surface area contributed by atoms with Gasteiger partial charge in [0.15, 0.2) is 0 Å². The fourth-order valence-electron chi connectivity index (χ4n) is 1.69. The number of rotatable bonds is 2. The second-order valence-corrected chi connectivity index (χ2v) is 4.95. The van der Waals surface area contributed by atoms with Crippen LogP contribution in [0, 0.1) is 6.92 Å². The molecule has 1 aliphatic heterocycles. The first-order valence-electron chi connectivity index (χ1n) is 4.77. The number of aliphatic hydroxyl groups is 1. The van der Waals surface area contributed by atoms with Crippen molar-refractivity contribution in [1.29, 1.82) is 0 Å². The molecule has 0 bridgehead atoms. The van der Waals surface area contributed by atoms with Gasteiger partial charge in [-0.2, -0.15) is 0 Å². The van der Waals surface area contributed by atoms with Crippen LogP contribution in [0.15, 0.2) is 22.7 Å². The molecule has 0 radical (unpaired) electrons. The van der Waals surface area contributed by atoms with E-state index in [2.05, 4.69) is 46.4 Å². The van der Waals surface area contributed by atoms with Gasteiger partial charge < -0.3 is 10.4 Å². The molecule has 0 aliphatic carbocycles. The lowest BCUT2D eigenvalue weighted by Gasteiger charge is -2.38. The number of hydrogen-bond acceptors (Lipinski definition) is 2. The summed E-state index contributed by atoms with van der Waals surface area (Å²) in [4.78, 5) is 0. The van der Waals surface area contributed by atoms with Gasteiger partial charge in [0.05, 0.1) is 5.60 Å². The Hall–Kier alpha value is -0.380. The van der Waals surface area contributed by atoms with E-state index in [0.29, 0.717) is 13.1 Å². The van der Waals surface area contributed by atoms with E-state index >= 15 is 0 Å². The highest BCUT2D eigenvalue weighted by molar-refractivity contribution is 9.10. The first kappa shape index (κ1) is 10.1. The molecule has 0 aromatic heterocycles. The predicted molar refractivity (Wildman–Crippen MR) is 60.4 cm³/mol. The van der Waals surface area contributed by atoms with Gasteiger partial charge in [0.1, 0.15) is 0 Å². The SMILES string of the molecule is Cc1ccc(CC2(O)CNC2)c(Br)c1. The van der Waals surface area contributed by atoms with E-state index in [1.165, 1.54) is 11.1 Å². The summed E-state index contributed by atoms with van der Waals surface area (Å²) in [7, 11) is 0. The van der Waals surface area contributed by atoms with Crippen molar-refractivity contribution in [2.75, 3.05) is 13.1 Å². The Labute approximate surface area is 92.5 Å². The summed E-state index contributed by atoms with van der Waals surface area (Å²) in [5, 5.41) is 13.1. The molecule has 2 N–H and O–H groups in total. The lowest BCUT2D eigenvalue weighted by atomic mass is 9.89. The number of benzene rings is 1. The minimum atomic E-state index is -0.530. The number of nitrogens with one attached hydrogen (secondary N) is 1. The van der Waals surface area contributed by atoms with Crippen molar-refractivity contribution in [3.05, 3.63) is 33.8 Å². The third-order valence-electron chi connectivity index (χ3n) is 2.64. The summed E-state index contributed by atoms with van der Waals surface area (Å²) in [5.41, 5.74) is 1.89. The number of aryl methyl sites for hydroxylation is 1. The fourth-order valence-corrected chi connectivity index (χ4v) is 2.32. The number of halogens is 1. The molecular weight excluding hydrogens is 242 g/mol. The van der Waals surface area contributed by atoms with Crippen LogP contribution in [0.1, 0.15) is 11.1 Å². The average molecular weight is 256 g/mol. The maximum Gasteiger partial charge on any atom is 0.0935 e. The second kappa shape index (κ2) is 3.65. The van der Waals surface area contributed by atoms with Crippen LogP contribution >= 0.6 is 15.9 Å². The smallest absolute Gasteiger partial charge is 0.0935 e. The van der Waals surface area contributed by atoms with Gasteiger partial charge in [0.2, 0.25) is 0 Å². The van der Waals surface area contributed by atoms with Crippen LogP contribution < -0.4 is 5.32 Å². The molecule has 1 aromatic rings. The largest absolute Gasteiger partial charge is 0.387 e. The molecule has 1 saturated heterocycles. The van der Waals surface area contributed by atoms with E-state index in [9.17, 15) is 5.11 Å². The Bertz CT molecular complexity index is 347. The molecule has 0 saturated carbocycles. The van der Waals surface area contributed by atoms with Gasteiger partial charge in [0.25, 0.3) is 0 Å². The first-order chi connectivity index (χ1) is 6.59. The van der Waals surface area contributed by atoms with Crippen LogP contribution in [0.4, 0.5) is 0 Å². The Morgan fingerprint density at radius 1 is 1.50 bits per heavy atom. The molecule has 1 aromatic carbocycles. The lowest BCUT2D eigenvalue weighted by Crippen LogP contribution is -2.60. The van der Waals surface area contributed by atoms with Gasteiger partial charge in [-0.3, -0.25) is 0 Å². The Kier molecular flexibility index (Phi) is 2.64. The Balaban J connectivity index is 2.16. The lowest BCUT2D eigenvalue weighted by molar-refractivity contribution is -0.00915. The molecule has 14 heavy (non-hydrogen) atoms. The van der Waals surface area contributed by atoms with E-state index in [0.717, 1.165) is 10.9 Å². The van der Waals surface area contributed by atoms with Crippen LogP contribution in [0.5, 0.6) is 0 Å². The molecule has 1 heterocycles. The highest BCUT2D eigenvalue weighted by atomic mass is 79.9. The van der Waals surface area contributed by atoms with E-state index < -0.39 is 5.60 Å². The van der Waals surface area contributed by atoms with Gasteiger partial charge in [-0.15, -0.1) is 0 Å². The summed E-state index contributed by atoms with van der Waals surface area (Å²) < 4.78 is 1.10. The Morgan fingerprint density at radius 2 is 2.21 bits per heavy atom. The molecule has 1 fully saturated rings. The maximum absolute atomic E-state index is 9.97. The van der Waals surface area contributed by atoms with Crippen molar-refractivity contribution in [3.63, 3.8) is 0 Å². The van der Waals surface area contributed by atoms with Gasteiger partial charge in [-0.25, -0.2) is 0 Å². The molecule has 1 aliphatic rings. The van der Waals surface area contributed by atoms with Crippen LogP contribution in [0.25, 0.3) is 0 Å².